The van der Waals surface area contributed by atoms with Gasteiger partial charge in [0.2, 0.25) is 0 Å². The minimum Gasteiger partial charge on any atom is -0.467 e. The number of non-ortho nitro benzene ring substituents is 1. The number of hydrazone groups is 1. The predicted molar refractivity (Wildman–Crippen MR) is 109 cm³/mol. The monoisotopic (exact) mass is 413 g/mol. The first-order valence-electron chi connectivity index (χ1n) is 9.45. The summed E-state index contributed by atoms with van der Waals surface area (Å²) >= 11 is 0. The fraction of sp³-hybridized carbons (Fsp3) is 0.350. The number of furan rings is 1. The number of carbonyl (C=O) groups excluding carboxylic acids is 2. The summed E-state index contributed by atoms with van der Waals surface area (Å²) in [6.07, 6.45) is 1.91. The molecule has 30 heavy (non-hydrogen) atoms. The number of nitro benzene ring substituents is 1. The van der Waals surface area contributed by atoms with E-state index in [1.807, 2.05) is 13.8 Å². The highest BCUT2D eigenvalue weighted by atomic mass is 16.6. The minimum atomic E-state index is -0.472. The predicted octanol–water partition coefficient (Wildman–Crippen LogP) is 2.92. The van der Waals surface area contributed by atoms with Crippen LogP contribution in [0.25, 0.3) is 0 Å². The van der Waals surface area contributed by atoms with Gasteiger partial charge in [0.05, 0.1) is 16.9 Å². The Morgan fingerprint density at radius 1 is 1.33 bits per heavy atom. The van der Waals surface area contributed by atoms with Crippen molar-refractivity contribution in [3.05, 3.63) is 64.1 Å². The first kappa shape index (κ1) is 21.0. The topological polar surface area (TPSA) is 121 Å². The summed E-state index contributed by atoms with van der Waals surface area (Å²) in [5.41, 5.74) is 1.26. The van der Waals surface area contributed by atoms with Crippen molar-refractivity contribution < 1.29 is 18.9 Å². The Labute approximate surface area is 173 Å². The molecule has 0 radical (unpaired) electrons. The fourth-order valence-corrected chi connectivity index (χ4v) is 3.10. The smallest absolute Gasteiger partial charge is 0.317 e. The van der Waals surface area contributed by atoms with Crippen LogP contribution in [0.3, 0.4) is 0 Å². The maximum absolute atomic E-state index is 12.9. The standard InChI is InChI=1S/C20H23N5O5/c1-13(2)21-20(27)23(3)12-19(26)24-17(18-5-4-10-30-18)11-16(22-24)14-6-8-15(9-7-14)25(28)29/h4-10,13,17H,11-12H2,1-3H3,(H,21,27). The van der Waals surface area contributed by atoms with Gasteiger partial charge in [-0.1, -0.05) is 0 Å². The molecular formula is C20H23N5O5. The summed E-state index contributed by atoms with van der Waals surface area (Å²) in [4.78, 5) is 36.8. The summed E-state index contributed by atoms with van der Waals surface area (Å²) in [5, 5.41) is 19.4. The van der Waals surface area contributed by atoms with Gasteiger partial charge in [-0.2, -0.15) is 5.10 Å². The Balaban J connectivity index is 1.82. The van der Waals surface area contributed by atoms with Crippen molar-refractivity contribution in [3.63, 3.8) is 0 Å². The normalized spacial score (nSPS) is 15.8. The summed E-state index contributed by atoms with van der Waals surface area (Å²) in [7, 11) is 1.54. The van der Waals surface area contributed by atoms with Gasteiger partial charge in [-0.15, -0.1) is 0 Å². The molecule has 158 valence electrons. The number of carbonyl (C=O) groups is 2. The Bertz CT molecular complexity index is 952. The molecule has 0 spiro atoms. The largest absolute Gasteiger partial charge is 0.467 e. The van der Waals surface area contributed by atoms with E-state index in [9.17, 15) is 19.7 Å². The second-order valence-electron chi connectivity index (χ2n) is 7.28. The lowest BCUT2D eigenvalue weighted by Gasteiger charge is -2.24. The number of amides is 3. The lowest BCUT2D eigenvalue weighted by atomic mass is 10.0. The minimum absolute atomic E-state index is 0.0225. The lowest BCUT2D eigenvalue weighted by molar-refractivity contribution is -0.384. The number of hydrogen-bond acceptors (Lipinski definition) is 6. The average molecular weight is 413 g/mol. The summed E-state index contributed by atoms with van der Waals surface area (Å²) in [6, 6.07) is 8.62. The van der Waals surface area contributed by atoms with Gasteiger partial charge in [0.25, 0.3) is 11.6 Å². The van der Waals surface area contributed by atoms with Crippen LogP contribution in [0.4, 0.5) is 10.5 Å². The summed E-state index contributed by atoms with van der Waals surface area (Å²) in [5.74, 6) is 0.202. The van der Waals surface area contributed by atoms with Crippen LogP contribution in [-0.4, -0.2) is 52.1 Å². The molecule has 3 amide bonds. The molecule has 1 aromatic heterocycles. The highest BCUT2D eigenvalue weighted by molar-refractivity contribution is 6.03. The van der Waals surface area contributed by atoms with E-state index < -0.39 is 11.0 Å². The van der Waals surface area contributed by atoms with Crippen molar-refractivity contribution in [3.8, 4) is 0 Å². The van der Waals surface area contributed by atoms with Gasteiger partial charge < -0.3 is 14.6 Å². The van der Waals surface area contributed by atoms with Crippen LogP contribution >= 0.6 is 0 Å². The lowest BCUT2D eigenvalue weighted by Crippen LogP contribution is -2.45. The molecule has 1 N–H and O–H groups in total. The van der Waals surface area contributed by atoms with Crippen LogP contribution in [0.5, 0.6) is 0 Å². The van der Waals surface area contributed by atoms with Crippen LogP contribution in [0.2, 0.25) is 0 Å². The van der Waals surface area contributed by atoms with Crippen molar-refractivity contribution in [2.75, 3.05) is 13.6 Å². The number of likely N-dealkylation sites (N-methyl/N-ethyl adjacent to an activating group) is 1. The molecule has 0 fully saturated rings. The van der Waals surface area contributed by atoms with Crippen molar-refractivity contribution >= 4 is 23.3 Å². The molecule has 10 heteroatoms. The van der Waals surface area contributed by atoms with Crippen LogP contribution in [0.1, 0.15) is 37.6 Å². The number of nitrogens with zero attached hydrogens (tertiary/aromatic N) is 4. The summed E-state index contributed by atoms with van der Waals surface area (Å²) in [6.45, 7) is 3.51. The number of rotatable bonds is 6. The van der Waals surface area contributed by atoms with E-state index in [0.29, 0.717) is 23.5 Å². The van der Waals surface area contributed by atoms with E-state index in [0.717, 1.165) is 0 Å². The molecule has 1 aromatic carbocycles. The van der Waals surface area contributed by atoms with Crippen LogP contribution < -0.4 is 5.32 Å². The third kappa shape index (κ3) is 4.65. The molecule has 3 rings (SSSR count). The van der Waals surface area contributed by atoms with Gasteiger partial charge in [-0.25, -0.2) is 9.80 Å². The zero-order valence-electron chi connectivity index (χ0n) is 16.9. The number of urea groups is 1. The third-order valence-corrected chi connectivity index (χ3v) is 4.58. The summed E-state index contributed by atoms with van der Waals surface area (Å²) < 4.78 is 5.49. The first-order chi connectivity index (χ1) is 14.3. The van der Waals surface area contributed by atoms with Gasteiger partial charge in [0, 0.05) is 31.6 Å². The van der Waals surface area contributed by atoms with Crippen LogP contribution in [0.15, 0.2) is 52.2 Å². The van der Waals surface area contributed by atoms with Gasteiger partial charge in [0.1, 0.15) is 18.3 Å². The molecule has 0 saturated carbocycles. The zero-order valence-corrected chi connectivity index (χ0v) is 16.9. The van der Waals surface area contributed by atoms with Crippen molar-refractivity contribution in [1.82, 2.24) is 15.2 Å². The Morgan fingerprint density at radius 2 is 2.03 bits per heavy atom. The molecule has 0 bridgehead atoms. The number of benzene rings is 1. The van der Waals surface area contributed by atoms with Crippen molar-refractivity contribution in [1.29, 1.82) is 0 Å². The van der Waals surface area contributed by atoms with E-state index in [4.69, 9.17) is 4.42 Å². The second kappa shape index (κ2) is 8.76. The van der Waals surface area contributed by atoms with Gasteiger partial charge in [-0.3, -0.25) is 14.9 Å². The highest BCUT2D eigenvalue weighted by Gasteiger charge is 2.35. The Hall–Kier alpha value is -3.69. The van der Waals surface area contributed by atoms with Crippen LogP contribution in [-0.2, 0) is 4.79 Å². The maximum Gasteiger partial charge on any atom is 0.317 e. The highest BCUT2D eigenvalue weighted by Crippen LogP contribution is 2.33. The zero-order chi connectivity index (χ0) is 21.8. The van der Waals surface area contributed by atoms with E-state index in [2.05, 4.69) is 10.4 Å². The molecule has 1 atom stereocenters. The number of hydrogen-bond donors (Lipinski definition) is 1. The quantitative estimate of drug-likeness (QED) is 0.576. The van der Waals surface area contributed by atoms with E-state index in [-0.39, 0.29) is 30.2 Å². The molecule has 0 aliphatic carbocycles. The molecule has 0 saturated heterocycles. The SMILES string of the molecule is CC(C)NC(=O)N(C)CC(=O)N1N=C(c2ccc([N+](=O)[O-])cc2)CC1c1ccco1. The third-order valence-electron chi connectivity index (χ3n) is 4.58. The number of nitrogens with one attached hydrogen (secondary N) is 1. The molecule has 1 aliphatic heterocycles. The molecule has 2 heterocycles. The van der Waals surface area contributed by atoms with E-state index in [1.54, 1.807) is 24.3 Å². The second-order valence-corrected chi connectivity index (χ2v) is 7.28. The molecular weight excluding hydrogens is 390 g/mol. The first-order valence-corrected chi connectivity index (χ1v) is 9.45. The van der Waals surface area contributed by atoms with E-state index >= 15 is 0 Å². The van der Waals surface area contributed by atoms with Gasteiger partial charge in [0.15, 0.2) is 0 Å². The molecule has 1 aliphatic rings. The fourth-order valence-electron chi connectivity index (χ4n) is 3.10. The van der Waals surface area contributed by atoms with Crippen molar-refractivity contribution in [2.24, 2.45) is 5.10 Å². The average Bonchev–Trinajstić information content (AvgIpc) is 3.37. The number of nitro groups is 1. The van der Waals surface area contributed by atoms with E-state index in [1.165, 1.54) is 35.4 Å². The molecule has 2 aromatic rings. The Kier molecular flexibility index (Phi) is 6.14. The van der Waals surface area contributed by atoms with Gasteiger partial charge >= 0.3 is 6.03 Å². The molecule has 10 nitrogen and oxygen atoms in total. The van der Waals surface area contributed by atoms with Crippen molar-refractivity contribution in [2.45, 2.75) is 32.4 Å². The Morgan fingerprint density at radius 3 is 2.60 bits per heavy atom. The van der Waals surface area contributed by atoms with Crippen LogP contribution in [0, 0.1) is 10.1 Å². The molecule has 1 unspecified atom stereocenters. The maximum atomic E-state index is 12.9. The van der Waals surface area contributed by atoms with Gasteiger partial charge in [-0.05, 0) is 43.7 Å².